The summed E-state index contributed by atoms with van der Waals surface area (Å²) in [5, 5.41) is 22.4. The first-order chi connectivity index (χ1) is 9.51. The third kappa shape index (κ3) is 2.72. The van der Waals surface area contributed by atoms with Gasteiger partial charge in [0.15, 0.2) is 0 Å². The average molecular weight is 271 g/mol. The minimum Gasteiger partial charge on any atom is -0.353 e. The number of hydrogen-bond acceptors (Lipinski definition) is 4. The van der Waals surface area contributed by atoms with Crippen molar-refractivity contribution in [2.75, 3.05) is 5.32 Å². The molecule has 0 aliphatic heterocycles. The molecule has 5 nitrogen and oxygen atoms in total. The number of halogens is 1. The smallest absolute Gasteiger partial charge is 0.287 e. The Balaban J connectivity index is 2.38. The first-order valence-electron chi connectivity index (χ1n) is 5.73. The van der Waals surface area contributed by atoms with E-state index in [1.807, 2.05) is 6.92 Å². The van der Waals surface area contributed by atoms with Crippen LogP contribution in [0.1, 0.15) is 11.1 Å². The SMILES string of the molecule is Cc1ccc(F)c(Nc2ccc([N+](=O)[O-])c(C#N)c2)c1. The highest BCUT2D eigenvalue weighted by Crippen LogP contribution is 2.26. The molecule has 0 bridgehead atoms. The molecule has 0 fully saturated rings. The number of nitro groups is 1. The van der Waals surface area contributed by atoms with Crippen molar-refractivity contribution in [3.8, 4) is 6.07 Å². The van der Waals surface area contributed by atoms with E-state index in [0.717, 1.165) is 5.56 Å². The normalized spacial score (nSPS) is 9.85. The molecule has 6 heteroatoms. The van der Waals surface area contributed by atoms with Crippen LogP contribution in [0.4, 0.5) is 21.5 Å². The van der Waals surface area contributed by atoms with Crippen LogP contribution in [0.2, 0.25) is 0 Å². The van der Waals surface area contributed by atoms with Gasteiger partial charge in [0.2, 0.25) is 0 Å². The topological polar surface area (TPSA) is 79.0 Å². The molecule has 0 aliphatic rings. The number of anilines is 2. The molecule has 100 valence electrons. The quantitative estimate of drug-likeness (QED) is 0.682. The summed E-state index contributed by atoms with van der Waals surface area (Å²) in [4.78, 5) is 10.1. The number of benzene rings is 2. The lowest BCUT2D eigenvalue weighted by Gasteiger charge is -2.08. The molecule has 0 amide bonds. The van der Waals surface area contributed by atoms with Gasteiger partial charge in [-0.05, 0) is 36.8 Å². The van der Waals surface area contributed by atoms with Crippen molar-refractivity contribution in [2.45, 2.75) is 6.92 Å². The van der Waals surface area contributed by atoms with E-state index in [9.17, 15) is 14.5 Å². The lowest BCUT2D eigenvalue weighted by atomic mass is 10.1. The summed E-state index contributed by atoms with van der Waals surface area (Å²) in [6, 6.07) is 10.3. The third-order valence-corrected chi connectivity index (χ3v) is 2.71. The van der Waals surface area contributed by atoms with Gasteiger partial charge in [-0.25, -0.2) is 4.39 Å². The van der Waals surface area contributed by atoms with Gasteiger partial charge < -0.3 is 5.32 Å². The predicted octanol–water partition coefficient (Wildman–Crippen LogP) is 3.66. The van der Waals surface area contributed by atoms with Gasteiger partial charge >= 0.3 is 0 Å². The van der Waals surface area contributed by atoms with Crippen molar-refractivity contribution >= 4 is 17.1 Å². The zero-order chi connectivity index (χ0) is 14.7. The van der Waals surface area contributed by atoms with Crippen LogP contribution in [0, 0.1) is 34.2 Å². The van der Waals surface area contributed by atoms with Crippen LogP contribution in [0.5, 0.6) is 0 Å². The summed E-state index contributed by atoms with van der Waals surface area (Å²) in [7, 11) is 0. The monoisotopic (exact) mass is 271 g/mol. The molecule has 0 heterocycles. The fourth-order valence-corrected chi connectivity index (χ4v) is 1.75. The summed E-state index contributed by atoms with van der Waals surface area (Å²) in [6.45, 7) is 1.82. The van der Waals surface area contributed by atoms with Crippen LogP contribution in [-0.2, 0) is 0 Å². The van der Waals surface area contributed by atoms with Crippen molar-refractivity contribution in [1.82, 2.24) is 0 Å². The maximum absolute atomic E-state index is 13.6. The van der Waals surface area contributed by atoms with E-state index >= 15 is 0 Å². The van der Waals surface area contributed by atoms with Gasteiger partial charge in [0, 0.05) is 11.8 Å². The molecule has 0 aliphatic carbocycles. The number of rotatable bonds is 3. The van der Waals surface area contributed by atoms with Crippen LogP contribution in [-0.4, -0.2) is 4.92 Å². The third-order valence-electron chi connectivity index (χ3n) is 2.71. The first kappa shape index (κ1) is 13.5. The van der Waals surface area contributed by atoms with Crippen LogP contribution in [0.25, 0.3) is 0 Å². The van der Waals surface area contributed by atoms with Crippen LogP contribution < -0.4 is 5.32 Å². The van der Waals surface area contributed by atoms with Crippen molar-refractivity contribution in [3.63, 3.8) is 0 Å². The number of aryl methyl sites for hydroxylation is 1. The molecule has 1 N–H and O–H groups in total. The van der Waals surface area contributed by atoms with Crippen molar-refractivity contribution in [3.05, 3.63) is 63.5 Å². The lowest BCUT2D eigenvalue weighted by Crippen LogP contribution is -1.97. The minimum atomic E-state index is -0.629. The number of nitrogens with zero attached hydrogens (tertiary/aromatic N) is 2. The molecule has 20 heavy (non-hydrogen) atoms. The van der Waals surface area contributed by atoms with Crippen molar-refractivity contribution in [1.29, 1.82) is 5.26 Å². The Morgan fingerprint density at radius 1 is 1.30 bits per heavy atom. The summed E-state index contributed by atoms with van der Waals surface area (Å²) in [5.41, 5.74) is 1.19. The molecule has 0 unspecified atom stereocenters. The summed E-state index contributed by atoms with van der Waals surface area (Å²) >= 11 is 0. The second kappa shape index (κ2) is 5.36. The maximum Gasteiger partial charge on any atom is 0.287 e. The molecule has 0 aromatic heterocycles. The second-order valence-electron chi connectivity index (χ2n) is 4.21. The highest BCUT2D eigenvalue weighted by molar-refractivity contribution is 5.65. The lowest BCUT2D eigenvalue weighted by molar-refractivity contribution is -0.385. The zero-order valence-electron chi connectivity index (χ0n) is 10.6. The summed E-state index contributed by atoms with van der Waals surface area (Å²) in [5.74, 6) is -0.438. The number of nitriles is 1. The van der Waals surface area contributed by atoms with Crippen LogP contribution >= 0.6 is 0 Å². The van der Waals surface area contributed by atoms with Crippen molar-refractivity contribution < 1.29 is 9.31 Å². The Morgan fingerprint density at radius 3 is 2.70 bits per heavy atom. The number of hydrogen-bond donors (Lipinski definition) is 1. The van der Waals surface area contributed by atoms with Gasteiger partial charge in [-0.2, -0.15) is 5.26 Å². The molecule has 0 atom stereocenters. The van der Waals surface area contributed by atoms with E-state index < -0.39 is 10.7 Å². The molecular weight excluding hydrogens is 261 g/mol. The Hall–Kier alpha value is -2.94. The van der Waals surface area contributed by atoms with Gasteiger partial charge in [-0.15, -0.1) is 0 Å². The summed E-state index contributed by atoms with van der Waals surface area (Å²) < 4.78 is 13.6. The van der Waals surface area contributed by atoms with Gasteiger partial charge in [0.1, 0.15) is 17.4 Å². The highest BCUT2D eigenvalue weighted by Gasteiger charge is 2.14. The molecule has 2 rings (SSSR count). The van der Waals surface area contributed by atoms with Gasteiger partial charge in [0.05, 0.1) is 10.6 Å². The Labute approximate surface area is 114 Å². The Morgan fingerprint density at radius 2 is 2.05 bits per heavy atom. The molecule has 0 spiro atoms. The van der Waals surface area contributed by atoms with E-state index in [0.29, 0.717) is 5.69 Å². The van der Waals surface area contributed by atoms with E-state index in [4.69, 9.17) is 5.26 Å². The van der Waals surface area contributed by atoms with Crippen LogP contribution in [0.15, 0.2) is 36.4 Å². The standard InChI is InChI=1S/C14H10FN3O2/c1-9-2-4-12(15)13(6-9)17-11-3-5-14(18(19)20)10(7-11)8-16/h2-7,17H,1H3. The molecule has 0 saturated carbocycles. The molecule has 0 radical (unpaired) electrons. The predicted molar refractivity (Wildman–Crippen MR) is 72.2 cm³/mol. The average Bonchev–Trinajstić information content (AvgIpc) is 2.42. The summed E-state index contributed by atoms with van der Waals surface area (Å²) in [6.07, 6.45) is 0. The van der Waals surface area contributed by atoms with Crippen LogP contribution in [0.3, 0.4) is 0 Å². The fourth-order valence-electron chi connectivity index (χ4n) is 1.75. The maximum atomic E-state index is 13.6. The molecule has 2 aromatic rings. The van der Waals surface area contributed by atoms with E-state index in [2.05, 4.69) is 5.32 Å². The zero-order valence-corrected chi connectivity index (χ0v) is 10.6. The van der Waals surface area contributed by atoms with E-state index in [1.54, 1.807) is 18.2 Å². The molecule has 0 saturated heterocycles. The van der Waals surface area contributed by atoms with E-state index in [1.165, 1.54) is 24.3 Å². The number of nitro benzene ring substituents is 1. The number of nitrogens with one attached hydrogen (secondary N) is 1. The highest BCUT2D eigenvalue weighted by atomic mass is 19.1. The molecular formula is C14H10FN3O2. The van der Waals surface area contributed by atoms with Gasteiger partial charge in [0.25, 0.3) is 5.69 Å². The largest absolute Gasteiger partial charge is 0.353 e. The van der Waals surface area contributed by atoms with Gasteiger partial charge in [-0.3, -0.25) is 10.1 Å². The fraction of sp³-hybridized carbons (Fsp3) is 0.0714. The Bertz CT molecular complexity index is 723. The van der Waals surface area contributed by atoms with E-state index in [-0.39, 0.29) is 16.9 Å². The minimum absolute atomic E-state index is 0.0759. The van der Waals surface area contributed by atoms with Gasteiger partial charge in [-0.1, -0.05) is 6.07 Å². The second-order valence-corrected chi connectivity index (χ2v) is 4.21. The molecule has 2 aromatic carbocycles. The first-order valence-corrected chi connectivity index (χ1v) is 5.73. The Kier molecular flexibility index (Phi) is 3.62. The van der Waals surface area contributed by atoms with Crippen molar-refractivity contribution in [2.24, 2.45) is 0 Å².